The molecule has 0 aromatic heterocycles. The monoisotopic (exact) mass is 219 g/mol. The number of nitrogens with two attached hydrogens (primary N) is 1. The first-order valence-electron chi connectivity index (χ1n) is 5.02. The summed E-state index contributed by atoms with van der Waals surface area (Å²) in [5.41, 5.74) is 8.18. The molecular weight excluding hydrogens is 206 g/mol. The van der Waals surface area contributed by atoms with Crippen molar-refractivity contribution < 1.29 is 0 Å². The Morgan fingerprint density at radius 1 is 1.27 bits per heavy atom. The minimum absolute atomic E-state index is 0.320. The highest BCUT2D eigenvalue weighted by Gasteiger charge is 2.26. The molecule has 1 nitrogen and oxygen atoms in total. The molecule has 1 aromatic rings. The van der Waals surface area contributed by atoms with Crippen molar-refractivity contribution in [3.8, 4) is 0 Å². The third kappa shape index (κ3) is 2.14. The number of halogens is 1. The zero-order chi connectivity index (χ0) is 10.9. The van der Waals surface area contributed by atoms with Gasteiger partial charge in [-0.1, -0.05) is 48.0 Å². The van der Waals surface area contributed by atoms with Crippen LogP contribution in [0.1, 0.15) is 18.9 Å². The Morgan fingerprint density at radius 3 is 2.60 bits per heavy atom. The molecule has 0 amide bonds. The fourth-order valence-corrected chi connectivity index (χ4v) is 2.00. The van der Waals surface area contributed by atoms with Crippen molar-refractivity contribution in [1.29, 1.82) is 0 Å². The maximum Gasteiger partial charge on any atom is 0.0423 e. The molecule has 2 rings (SSSR count). The van der Waals surface area contributed by atoms with Gasteiger partial charge in [-0.05, 0) is 30.6 Å². The van der Waals surface area contributed by atoms with E-state index in [0.717, 1.165) is 22.6 Å². The average molecular weight is 220 g/mol. The third-order valence-corrected chi connectivity index (χ3v) is 2.97. The van der Waals surface area contributed by atoms with E-state index in [2.05, 4.69) is 12.1 Å². The molecule has 0 aliphatic heterocycles. The van der Waals surface area contributed by atoms with Gasteiger partial charge in [-0.2, -0.15) is 0 Å². The predicted octanol–water partition coefficient (Wildman–Crippen LogP) is 3.31. The highest BCUT2D eigenvalue weighted by Crippen LogP contribution is 2.34. The van der Waals surface area contributed by atoms with E-state index in [0.29, 0.717) is 0 Å². The molecule has 1 aromatic carbocycles. The molecule has 2 N–H and O–H groups in total. The minimum atomic E-state index is -0.320. The lowest BCUT2D eigenvalue weighted by molar-refractivity contribution is 0.608. The number of benzene rings is 1. The molecular formula is C13H14ClN. The first kappa shape index (κ1) is 10.5. The molecule has 0 heterocycles. The predicted molar refractivity (Wildman–Crippen MR) is 65.6 cm³/mol. The van der Waals surface area contributed by atoms with Crippen molar-refractivity contribution in [2.24, 2.45) is 5.73 Å². The molecule has 0 spiro atoms. The Balaban J connectivity index is 2.47. The molecule has 0 saturated carbocycles. The Morgan fingerprint density at radius 2 is 1.93 bits per heavy atom. The van der Waals surface area contributed by atoms with Crippen LogP contribution < -0.4 is 5.73 Å². The smallest absolute Gasteiger partial charge is 0.0423 e. The summed E-state index contributed by atoms with van der Waals surface area (Å²) in [5, 5.41) is 0.775. The lowest BCUT2D eigenvalue weighted by atomic mass is 9.82. The molecule has 1 aliphatic rings. The van der Waals surface area contributed by atoms with Crippen LogP contribution in [0, 0.1) is 0 Å². The van der Waals surface area contributed by atoms with Crippen LogP contribution in [-0.2, 0) is 0 Å². The van der Waals surface area contributed by atoms with Gasteiger partial charge >= 0.3 is 0 Å². The zero-order valence-electron chi connectivity index (χ0n) is 8.70. The van der Waals surface area contributed by atoms with E-state index in [1.807, 2.05) is 37.3 Å². The van der Waals surface area contributed by atoms with E-state index in [1.165, 1.54) is 0 Å². The molecule has 1 unspecified atom stereocenters. The van der Waals surface area contributed by atoms with Crippen molar-refractivity contribution in [2.45, 2.75) is 18.9 Å². The maximum atomic E-state index is 6.24. The highest BCUT2D eigenvalue weighted by atomic mass is 35.5. The SMILES string of the molecule is CC1(N)CC=C(Cl)C=C1c1ccccc1. The number of allylic oxidation sites excluding steroid dienone is 2. The normalized spacial score (nSPS) is 25.8. The second-order valence-electron chi connectivity index (χ2n) is 4.13. The van der Waals surface area contributed by atoms with Crippen LogP contribution in [0.5, 0.6) is 0 Å². The van der Waals surface area contributed by atoms with Crippen molar-refractivity contribution in [3.05, 3.63) is 53.1 Å². The van der Waals surface area contributed by atoms with Gasteiger partial charge in [-0.3, -0.25) is 0 Å². The lowest BCUT2D eigenvalue weighted by Crippen LogP contribution is -2.38. The van der Waals surface area contributed by atoms with Gasteiger partial charge in [0.2, 0.25) is 0 Å². The molecule has 0 bridgehead atoms. The van der Waals surface area contributed by atoms with Crippen LogP contribution >= 0.6 is 11.6 Å². The number of rotatable bonds is 1. The molecule has 78 valence electrons. The number of hydrogen-bond acceptors (Lipinski definition) is 1. The van der Waals surface area contributed by atoms with Gasteiger partial charge in [0.15, 0.2) is 0 Å². The van der Waals surface area contributed by atoms with Crippen molar-refractivity contribution >= 4 is 17.2 Å². The Bertz CT molecular complexity index is 415. The average Bonchev–Trinajstić information content (AvgIpc) is 2.23. The van der Waals surface area contributed by atoms with Gasteiger partial charge in [-0.25, -0.2) is 0 Å². The van der Waals surface area contributed by atoms with Gasteiger partial charge in [0, 0.05) is 10.6 Å². The summed E-state index contributed by atoms with van der Waals surface area (Å²) in [6, 6.07) is 10.1. The summed E-state index contributed by atoms with van der Waals surface area (Å²) in [7, 11) is 0. The summed E-state index contributed by atoms with van der Waals surface area (Å²) in [5.74, 6) is 0. The van der Waals surface area contributed by atoms with Gasteiger partial charge in [0.25, 0.3) is 0 Å². The van der Waals surface area contributed by atoms with Crippen LogP contribution in [-0.4, -0.2) is 5.54 Å². The van der Waals surface area contributed by atoms with Crippen molar-refractivity contribution in [1.82, 2.24) is 0 Å². The summed E-state index contributed by atoms with van der Waals surface area (Å²) in [6.07, 6.45) is 4.71. The van der Waals surface area contributed by atoms with E-state index in [9.17, 15) is 0 Å². The topological polar surface area (TPSA) is 26.0 Å². The summed E-state index contributed by atoms with van der Waals surface area (Å²) >= 11 is 6.02. The fraction of sp³-hybridized carbons (Fsp3) is 0.231. The van der Waals surface area contributed by atoms with Crippen LogP contribution in [0.2, 0.25) is 0 Å². The molecule has 15 heavy (non-hydrogen) atoms. The maximum absolute atomic E-state index is 6.24. The van der Waals surface area contributed by atoms with Crippen molar-refractivity contribution in [2.75, 3.05) is 0 Å². The molecule has 0 fully saturated rings. The second-order valence-corrected chi connectivity index (χ2v) is 4.57. The zero-order valence-corrected chi connectivity index (χ0v) is 9.46. The summed E-state index contributed by atoms with van der Waals surface area (Å²) in [6.45, 7) is 2.03. The Labute approximate surface area is 95.2 Å². The van der Waals surface area contributed by atoms with E-state index < -0.39 is 0 Å². The second kappa shape index (κ2) is 3.84. The minimum Gasteiger partial charge on any atom is -0.321 e. The van der Waals surface area contributed by atoms with E-state index in [4.69, 9.17) is 17.3 Å². The summed E-state index contributed by atoms with van der Waals surface area (Å²) in [4.78, 5) is 0. The molecule has 1 atom stereocenters. The first-order chi connectivity index (χ1) is 7.09. The fourth-order valence-electron chi connectivity index (χ4n) is 1.81. The molecule has 0 saturated heterocycles. The van der Waals surface area contributed by atoms with Crippen LogP contribution in [0.3, 0.4) is 0 Å². The lowest BCUT2D eigenvalue weighted by Gasteiger charge is -2.30. The van der Waals surface area contributed by atoms with Gasteiger partial charge in [-0.15, -0.1) is 0 Å². The highest BCUT2D eigenvalue weighted by molar-refractivity contribution is 6.32. The number of hydrogen-bond donors (Lipinski definition) is 1. The first-order valence-corrected chi connectivity index (χ1v) is 5.39. The molecule has 2 heteroatoms. The standard InChI is InChI=1S/C13H14ClN/c1-13(15)8-7-11(14)9-12(13)10-5-3-2-4-6-10/h2-7,9H,8,15H2,1H3. The Kier molecular flexibility index (Phi) is 2.68. The third-order valence-electron chi connectivity index (χ3n) is 2.70. The molecule has 1 aliphatic carbocycles. The quantitative estimate of drug-likeness (QED) is 0.771. The van der Waals surface area contributed by atoms with Crippen LogP contribution in [0.15, 0.2) is 47.5 Å². The van der Waals surface area contributed by atoms with E-state index >= 15 is 0 Å². The molecule has 0 radical (unpaired) electrons. The van der Waals surface area contributed by atoms with E-state index in [1.54, 1.807) is 0 Å². The van der Waals surface area contributed by atoms with E-state index in [-0.39, 0.29) is 5.54 Å². The van der Waals surface area contributed by atoms with Gasteiger partial charge < -0.3 is 5.73 Å². The Hall–Kier alpha value is -1.05. The van der Waals surface area contributed by atoms with Crippen LogP contribution in [0.4, 0.5) is 0 Å². The largest absolute Gasteiger partial charge is 0.321 e. The van der Waals surface area contributed by atoms with Crippen LogP contribution in [0.25, 0.3) is 5.57 Å². The van der Waals surface area contributed by atoms with Gasteiger partial charge in [0.05, 0.1) is 0 Å². The van der Waals surface area contributed by atoms with Crippen molar-refractivity contribution in [3.63, 3.8) is 0 Å². The summed E-state index contributed by atoms with van der Waals surface area (Å²) < 4.78 is 0. The van der Waals surface area contributed by atoms with Gasteiger partial charge in [0.1, 0.15) is 0 Å².